The van der Waals surface area contributed by atoms with Gasteiger partial charge < -0.3 is 10.1 Å². The van der Waals surface area contributed by atoms with Crippen molar-refractivity contribution in [2.75, 3.05) is 7.05 Å². The molecule has 21 heavy (non-hydrogen) atoms. The molecule has 0 aliphatic heterocycles. The molecular weight excluding hydrogens is 267 g/mol. The molecule has 1 N–H and O–H groups in total. The summed E-state index contributed by atoms with van der Waals surface area (Å²) in [6.45, 7) is 2.12. The third kappa shape index (κ3) is 5.00. The molecule has 0 amide bonds. The highest BCUT2D eigenvalue weighted by Crippen LogP contribution is 2.21. The highest BCUT2D eigenvalue weighted by molar-refractivity contribution is 5.50. The molecule has 1 aromatic carbocycles. The normalized spacial score (nSPS) is 12.5. The second-order valence-electron chi connectivity index (χ2n) is 4.84. The number of pyridine rings is 1. The van der Waals surface area contributed by atoms with Crippen LogP contribution in [0.1, 0.15) is 18.9 Å². The summed E-state index contributed by atoms with van der Waals surface area (Å²) in [5, 5.41) is 3.18. The average Bonchev–Trinajstić information content (AvgIpc) is 2.50. The Morgan fingerprint density at radius 1 is 1.24 bits per heavy atom. The lowest BCUT2D eigenvalue weighted by Gasteiger charge is -2.06. The van der Waals surface area contributed by atoms with E-state index < -0.39 is 0 Å². The molecule has 2 aromatic rings. The van der Waals surface area contributed by atoms with Crippen LogP contribution in [0.3, 0.4) is 0 Å². The summed E-state index contributed by atoms with van der Waals surface area (Å²) in [5.74, 6) is 0.935. The average molecular weight is 286 g/mol. The van der Waals surface area contributed by atoms with Crippen LogP contribution in [0.5, 0.6) is 11.5 Å². The Balaban J connectivity index is 2.02. The second-order valence-corrected chi connectivity index (χ2v) is 4.84. The lowest BCUT2D eigenvalue weighted by molar-refractivity contribution is 0.478. The van der Waals surface area contributed by atoms with E-state index in [9.17, 15) is 4.39 Å². The molecule has 1 heterocycles. The van der Waals surface area contributed by atoms with E-state index >= 15 is 0 Å². The fourth-order valence-corrected chi connectivity index (χ4v) is 1.75. The van der Waals surface area contributed by atoms with Gasteiger partial charge in [-0.1, -0.05) is 12.2 Å². The SMILES string of the molecule is CNC(C)CC=Cc1cncc(Oc2ccc(F)cc2)c1. The number of rotatable bonds is 6. The standard InChI is InChI=1S/C17H19FN2O/c1-13(19-2)4-3-5-14-10-17(12-20-11-14)21-16-8-6-15(18)7-9-16/h3,5-13,19H,4H2,1-2H3. The van der Waals surface area contributed by atoms with Crippen molar-refractivity contribution in [3.63, 3.8) is 0 Å². The molecule has 3 nitrogen and oxygen atoms in total. The first-order valence-corrected chi connectivity index (χ1v) is 6.89. The molecule has 4 heteroatoms. The van der Waals surface area contributed by atoms with E-state index in [1.807, 2.05) is 19.2 Å². The van der Waals surface area contributed by atoms with E-state index in [2.05, 4.69) is 23.3 Å². The highest BCUT2D eigenvalue weighted by Gasteiger charge is 1.99. The van der Waals surface area contributed by atoms with Crippen molar-refractivity contribution in [3.8, 4) is 11.5 Å². The third-order valence-corrected chi connectivity index (χ3v) is 3.08. The Morgan fingerprint density at radius 2 is 2.00 bits per heavy atom. The zero-order valence-electron chi connectivity index (χ0n) is 12.2. The fourth-order valence-electron chi connectivity index (χ4n) is 1.75. The molecule has 0 bridgehead atoms. The van der Waals surface area contributed by atoms with Gasteiger partial charge in [0.2, 0.25) is 0 Å². The van der Waals surface area contributed by atoms with Crippen molar-refractivity contribution in [2.45, 2.75) is 19.4 Å². The van der Waals surface area contributed by atoms with Crippen LogP contribution in [0.4, 0.5) is 4.39 Å². The third-order valence-electron chi connectivity index (χ3n) is 3.08. The Bertz CT molecular complexity index is 596. The van der Waals surface area contributed by atoms with Gasteiger partial charge in [0, 0.05) is 12.2 Å². The van der Waals surface area contributed by atoms with Gasteiger partial charge in [-0.25, -0.2) is 4.39 Å². The van der Waals surface area contributed by atoms with Crippen LogP contribution < -0.4 is 10.1 Å². The summed E-state index contributed by atoms with van der Waals surface area (Å²) in [5.41, 5.74) is 0.970. The van der Waals surface area contributed by atoms with Gasteiger partial charge in [0.25, 0.3) is 0 Å². The van der Waals surface area contributed by atoms with E-state index in [-0.39, 0.29) is 5.82 Å². The van der Waals surface area contributed by atoms with Crippen LogP contribution in [0.15, 0.2) is 48.8 Å². The van der Waals surface area contributed by atoms with E-state index in [4.69, 9.17) is 4.74 Å². The molecule has 1 unspecified atom stereocenters. The molecule has 0 spiro atoms. The zero-order valence-corrected chi connectivity index (χ0v) is 12.2. The van der Waals surface area contributed by atoms with Gasteiger partial charge in [0.1, 0.15) is 17.3 Å². The number of benzene rings is 1. The van der Waals surface area contributed by atoms with Crippen LogP contribution in [-0.2, 0) is 0 Å². The summed E-state index contributed by atoms with van der Waals surface area (Å²) in [4.78, 5) is 4.15. The molecular formula is C17H19FN2O. The topological polar surface area (TPSA) is 34.2 Å². The lowest BCUT2D eigenvalue weighted by Crippen LogP contribution is -2.19. The maximum Gasteiger partial charge on any atom is 0.146 e. The minimum absolute atomic E-state index is 0.282. The van der Waals surface area contributed by atoms with Crippen LogP contribution in [0.25, 0.3) is 6.08 Å². The Hall–Kier alpha value is -2.20. The predicted octanol–water partition coefficient (Wildman–Crippen LogP) is 4.02. The maximum atomic E-state index is 12.8. The van der Waals surface area contributed by atoms with E-state index in [1.54, 1.807) is 24.5 Å². The monoisotopic (exact) mass is 286 g/mol. The molecule has 1 atom stereocenters. The predicted molar refractivity (Wildman–Crippen MR) is 82.9 cm³/mol. The van der Waals surface area contributed by atoms with Gasteiger partial charge in [-0.2, -0.15) is 0 Å². The van der Waals surface area contributed by atoms with E-state index in [0.717, 1.165) is 12.0 Å². The van der Waals surface area contributed by atoms with Crippen LogP contribution in [0, 0.1) is 5.82 Å². The maximum absolute atomic E-state index is 12.8. The van der Waals surface area contributed by atoms with Gasteiger partial charge in [-0.3, -0.25) is 4.98 Å². The minimum Gasteiger partial charge on any atom is -0.456 e. The van der Waals surface area contributed by atoms with Crippen molar-refractivity contribution in [2.24, 2.45) is 0 Å². The van der Waals surface area contributed by atoms with Gasteiger partial charge in [-0.15, -0.1) is 0 Å². The largest absolute Gasteiger partial charge is 0.456 e. The van der Waals surface area contributed by atoms with Crippen LogP contribution in [0.2, 0.25) is 0 Å². The summed E-state index contributed by atoms with van der Waals surface area (Å²) < 4.78 is 18.5. The number of halogens is 1. The fraction of sp³-hybridized carbons (Fsp3) is 0.235. The van der Waals surface area contributed by atoms with E-state index in [0.29, 0.717) is 17.5 Å². The number of aromatic nitrogens is 1. The molecule has 0 fully saturated rings. The van der Waals surface area contributed by atoms with Crippen molar-refractivity contribution in [3.05, 3.63) is 60.2 Å². The van der Waals surface area contributed by atoms with Crippen molar-refractivity contribution in [1.82, 2.24) is 10.3 Å². The summed E-state index contributed by atoms with van der Waals surface area (Å²) in [6.07, 6.45) is 8.47. The van der Waals surface area contributed by atoms with Crippen LogP contribution in [-0.4, -0.2) is 18.1 Å². The van der Waals surface area contributed by atoms with Gasteiger partial charge in [0.15, 0.2) is 0 Å². The number of hydrogen-bond donors (Lipinski definition) is 1. The van der Waals surface area contributed by atoms with Crippen molar-refractivity contribution < 1.29 is 9.13 Å². The second kappa shape index (κ2) is 7.55. The van der Waals surface area contributed by atoms with Crippen LogP contribution >= 0.6 is 0 Å². The van der Waals surface area contributed by atoms with Gasteiger partial charge in [0.05, 0.1) is 6.20 Å². The summed E-state index contributed by atoms with van der Waals surface area (Å²) in [6, 6.07) is 8.25. The first-order valence-electron chi connectivity index (χ1n) is 6.89. The molecule has 110 valence electrons. The highest BCUT2D eigenvalue weighted by atomic mass is 19.1. The quantitative estimate of drug-likeness (QED) is 0.870. The Kier molecular flexibility index (Phi) is 5.46. The van der Waals surface area contributed by atoms with Gasteiger partial charge >= 0.3 is 0 Å². The molecule has 0 aliphatic carbocycles. The Morgan fingerprint density at radius 3 is 2.71 bits per heavy atom. The molecule has 1 aromatic heterocycles. The summed E-state index contributed by atoms with van der Waals surface area (Å²) in [7, 11) is 1.94. The van der Waals surface area contributed by atoms with Crippen molar-refractivity contribution in [1.29, 1.82) is 0 Å². The molecule has 0 saturated heterocycles. The van der Waals surface area contributed by atoms with E-state index in [1.165, 1.54) is 12.1 Å². The number of hydrogen-bond acceptors (Lipinski definition) is 3. The van der Waals surface area contributed by atoms with Crippen molar-refractivity contribution >= 4 is 6.08 Å². The smallest absolute Gasteiger partial charge is 0.146 e. The number of nitrogens with zero attached hydrogens (tertiary/aromatic N) is 1. The van der Waals surface area contributed by atoms with Gasteiger partial charge in [-0.05, 0) is 56.3 Å². The lowest BCUT2D eigenvalue weighted by atomic mass is 10.2. The number of nitrogens with one attached hydrogen (secondary N) is 1. The molecule has 0 saturated carbocycles. The summed E-state index contributed by atoms with van der Waals surface area (Å²) >= 11 is 0. The first-order chi connectivity index (χ1) is 10.2. The molecule has 0 radical (unpaired) electrons. The molecule has 2 rings (SSSR count). The minimum atomic E-state index is -0.282. The molecule has 0 aliphatic rings. The zero-order chi connectivity index (χ0) is 15.1. The first kappa shape index (κ1) is 15.2. The number of ether oxygens (including phenoxy) is 1. The Labute approximate surface area is 124 Å².